The molecule has 0 spiro atoms. The molecule has 1 aromatic carbocycles. The molecule has 0 amide bonds. The first kappa shape index (κ1) is 13.8. The van der Waals surface area contributed by atoms with Crippen LogP contribution in [0.3, 0.4) is 0 Å². The van der Waals surface area contributed by atoms with Gasteiger partial charge in [-0.15, -0.1) is 11.8 Å². The lowest BCUT2D eigenvalue weighted by Crippen LogP contribution is -2.04. The van der Waals surface area contributed by atoms with Gasteiger partial charge in [0.1, 0.15) is 11.8 Å². The third-order valence-corrected chi connectivity index (χ3v) is 4.54. The van der Waals surface area contributed by atoms with E-state index in [1.165, 1.54) is 0 Å². The number of allylic oxidation sites excluding steroid dienone is 4. The minimum atomic E-state index is -0.0592. The monoisotopic (exact) mass is 294 g/mol. The van der Waals surface area contributed by atoms with Crippen molar-refractivity contribution in [1.29, 1.82) is 5.26 Å². The number of hydrogen-bond acceptors (Lipinski definition) is 4. The highest BCUT2D eigenvalue weighted by molar-refractivity contribution is 8.04. The molecule has 0 atom stereocenters. The van der Waals surface area contributed by atoms with Gasteiger partial charge in [-0.25, -0.2) is 4.99 Å². The molecule has 104 valence electrons. The molecule has 1 aliphatic heterocycles. The second kappa shape index (κ2) is 5.71. The van der Waals surface area contributed by atoms with Crippen LogP contribution in [-0.2, 0) is 0 Å². The Labute approximate surface area is 128 Å². The van der Waals surface area contributed by atoms with E-state index in [0.717, 1.165) is 34.6 Å². The number of benzene rings is 1. The van der Waals surface area contributed by atoms with Crippen molar-refractivity contribution in [3.8, 4) is 6.07 Å². The van der Waals surface area contributed by atoms with Crippen LogP contribution in [0.5, 0.6) is 0 Å². The highest BCUT2D eigenvalue weighted by atomic mass is 32.2. The van der Waals surface area contributed by atoms with E-state index < -0.39 is 0 Å². The van der Waals surface area contributed by atoms with Gasteiger partial charge >= 0.3 is 0 Å². The number of carbonyl (C=O) groups is 1. The van der Waals surface area contributed by atoms with Crippen LogP contribution in [-0.4, -0.2) is 17.2 Å². The quantitative estimate of drug-likeness (QED) is 0.828. The number of ketones is 1. The van der Waals surface area contributed by atoms with E-state index in [4.69, 9.17) is 0 Å². The zero-order chi connectivity index (χ0) is 14.8. The first-order valence-electron chi connectivity index (χ1n) is 6.95. The van der Waals surface area contributed by atoms with Crippen LogP contribution < -0.4 is 0 Å². The van der Waals surface area contributed by atoms with E-state index in [1.807, 2.05) is 31.2 Å². The summed E-state index contributed by atoms with van der Waals surface area (Å²) in [6, 6.07) is 9.73. The Morgan fingerprint density at radius 1 is 1.33 bits per heavy atom. The number of rotatable bonds is 2. The van der Waals surface area contributed by atoms with E-state index in [2.05, 4.69) is 17.1 Å². The fourth-order valence-corrected chi connectivity index (χ4v) is 3.46. The summed E-state index contributed by atoms with van der Waals surface area (Å²) in [4.78, 5) is 17.8. The minimum absolute atomic E-state index is 0.0592. The van der Waals surface area contributed by atoms with E-state index in [0.29, 0.717) is 17.0 Å². The zero-order valence-electron chi connectivity index (χ0n) is 11.7. The molecule has 0 aromatic heterocycles. The second-order valence-electron chi connectivity index (χ2n) is 4.81. The molecule has 0 fully saturated rings. The fourth-order valence-electron chi connectivity index (χ4n) is 2.68. The molecule has 1 aromatic rings. The lowest BCUT2D eigenvalue weighted by atomic mass is 10.0. The summed E-state index contributed by atoms with van der Waals surface area (Å²) in [6.45, 7) is 2.04. The van der Waals surface area contributed by atoms with Crippen LogP contribution in [0.4, 0.5) is 0 Å². The SMILES string of the molecule is CCS/C1=C/CCC2=C(N=C1C#N)C(=O)c1ccccc12. The first-order chi connectivity index (χ1) is 10.3. The predicted octanol–water partition coefficient (Wildman–Crippen LogP) is 3.99. The maximum Gasteiger partial charge on any atom is 0.212 e. The number of hydrogen-bond donors (Lipinski definition) is 0. The van der Waals surface area contributed by atoms with E-state index >= 15 is 0 Å². The largest absolute Gasteiger partial charge is 0.287 e. The molecule has 0 saturated carbocycles. The van der Waals surface area contributed by atoms with Crippen LogP contribution >= 0.6 is 11.8 Å². The highest BCUT2D eigenvalue weighted by Crippen LogP contribution is 2.38. The fraction of sp³-hybridized carbons (Fsp3) is 0.235. The number of carbonyl (C=O) groups excluding carboxylic acids is 1. The Morgan fingerprint density at radius 3 is 2.81 bits per heavy atom. The minimum Gasteiger partial charge on any atom is -0.287 e. The number of thioether (sulfide) groups is 1. The van der Waals surface area contributed by atoms with Gasteiger partial charge in [0.05, 0.1) is 0 Å². The van der Waals surface area contributed by atoms with E-state index in [1.54, 1.807) is 11.8 Å². The lowest BCUT2D eigenvalue weighted by Gasteiger charge is -2.10. The van der Waals surface area contributed by atoms with Gasteiger partial charge in [-0.3, -0.25) is 4.79 Å². The van der Waals surface area contributed by atoms with Gasteiger partial charge in [0.25, 0.3) is 0 Å². The highest BCUT2D eigenvalue weighted by Gasteiger charge is 2.30. The Bertz CT molecular complexity index is 750. The molecule has 0 N–H and O–H groups in total. The van der Waals surface area contributed by atoms with E-state index in [9.17, 15) is 10.1 Å². The van der Waals surface area contributed by atoms with Crippen molar-refractivity contribution in [2.45, 2.75) is 19.8 Å². The molecule has 1 aliphatic carbocycles. The summed E-state index contributed by atoms with van der Waals surface area (Å²) in [7, 11) is 0. The van der Waals surface area contributed by atoms with Gasteiger partial charge in [0, 0.05) is 10.5 Å². The Balaban J connectivity index is 2.12. The second-order valence-corrected chi connectivity index (χ2v) is 6.12. The maximum atomic E-state index is 12.5. The number of fused-ring (bicyclic) bond motifs is 2. The van der Waals surface area contributed by atoms with Crippen molar-refractivity contribution in [2.75, 3.05) is 5.75 Å². The van der Waals surface area contributed by atoms with Crippen molar-refractivity contribution < 1.29 is 4.79 Å². The van der Waals surface area contributed by atoms with Crippen molar-refractivity contribution >= 4 is 28.8 Å². The van der Waals surface area contributed by atoms with Gasteiger partial charge in [-0.1, -0.05) is 37.3 Å². The molecule has 0 bridgehead atoms. The Kier molecular flexibility index (Phi) is 3.76. The summed E-state index contributed by atoms with van der Waals surface area (Å²) in [6.07, 6.45) is 3.67. The standard InChI is InChI=1S/C17H14N2OS/c1-2-21-15-9-5-8-12-11-6-3-4-7-13(11)17(20)16(12)19-14(15)10-18/h3-4,6-7,9H,2,5,8H2,1H3/b15-9+,19-14?. The molecule has 3 nitrogen and oxygen atoms in total. The predicted molar refractivity (Wildman–Crippen MR) is 86.2 cm³/mol. The molecule has 0 unspecified atom stereocenters. The number of aliphatic imine (C=N–C) groups is 1. The molecule has 3 rings (SSSR count). The van der Waals surface area contributed by atoms with Crippen molar-refractivity contribution in [1.82, 2.24) is 0 Å². The van der Waals surface area contributed by atoms with Crippen molar-refractivity contribution in [2.24, 2.45) is 4.99 Å². The van der Waals surface area contributed by atoms with Gasteiger partial charge in [0.15, 0.2) is 5.71 Å². The maximum absolute atomic E-state index is 12.5. The van der Waals surface area contributed by atoms with Crippen LogP contribution in [0.15, 0.2) is 45.9 Å². The number of nitriles is 1. The average Bonchev–Trinajstić information content (AvgIpc) is 2.74. The summed E-state index contributed by atoms with van der Waals surface area (Å²) >= 11 is 1.60. The molecule has 2 aliphatic rings. The third kappa shape index (κ3) is 2.34. The Morgan fingerprint density at radius 2 is 2.10 bits per heavy atom. The summed E-state index contributed by atoms with van der Waals surface area (Å²) in [5.74, 6) is 0.822. The summed E-state index contributed by atoms with van der Waals surface area (Å²) < 4.78 is 0. The normalized spacial score (nSPS) is 19.7. The summed E-state index contributed by atoms with van der Waals surface area (Å²) in [5.41, 5.74) is 3.46. The van der Waals surface area contributed by atoms with Gasteiger partial charge in [-0.2, -0.15) is 5.26 Å². The average molecular weight is 294 g/mol. The number of Topliss-reactive ketones (excluding diaryl/α,β-unsaturated/α-hetero) is 1. The van der Waals surface area contributed by atoms with Gasteiger partial charge < -0.3 is 0 Å². The number of nitrogens with zero attached hydrogens (tertiary/aromatic N) is 2. The Hall–Kier alpha value is -2.12. The first-order valence-corrected chi connectivity index (χ1v) is 7.94. The topological polar surface area (TPSA) is 53.2 Å². The molecule has 4 heteroatoms. The molecule has 0 radical (unpaired) electrons. The molecular formula is C17H14N2OS. The molecule has 1 heterocycles. The van der Waals surface area contributed by atoms with E-state index in [-0.39, 0.29) is 5.78 Å². The van der Waals surface area contributed by atoms with Crippen LogP contribution in [0, 0.1) is 11.3 Å². The molecular weight excluding hydrogens is 280 g/mol. The smallest absolute Gasteiger partial charge is 0.212 e. The lowest BCUT2D eigenvalue weighted by molar-refractivity contribution is 0.103. The van der Waals surface area contributed by atoms with Crippen LogP contribution in [0.25, 0.3) is 5.57 Å². The van der Waals surface area contributed by atoms with Crippen LogP contribution in [0.1, 0.15) is 35.7 Å². The van der Waals surface area contributed by atoms with Crippen LogP contribution in [0.2, 0.25) is 0 Å². The molecule has 21 heavy (non-hydrogen) atoms. The third-order valence-electron chi connectivity index (χ3n) is 3.58. The summed E-state index contributed by atoms with van der Waals surface area (Å²) in [5, 5.41) is 9.36. The molecule has 0 saturated heterocycles. The van der Waals surface area contributed by atoms with Crippen molar-refractivity contribution in [3.05, 3.63) is 52.1 Å². The zero-order valence-corrected chi connectivity index (χ0v) is 12.5. The van der Waals surface area contributed by atoms with Gasteiger partial charge in [-0.05, 0) is 29.7 Å². The van der Waals surface area contributed by atoms with Gasteiger partial charge in [0.2, 0.25) is 5.78 Å². The van der Waals surface area contributed by atoms with Crippen molar-refractivity contribution in [3.63, 3.8) is 0 Å².